The first-order valence-electron chi connectivity index (χ1n) is 5.75. The third-order valence-corrected chi connectivity index (χ3v) is 3.37. The van der Waals surface area contributed by atoms with Crippen LogP contribution in [0.4, 0.5) is 10.1 Å². The van der Waals surface area contributed by atoms with Gasteiger partial charge >= 0.3 is 0 Å². The number of allylic oxidation sites excluding steroid dienone is 1. The standard InChI is InChI=1S/C15H10BrClFNO/c16-11-6-4-10(5-7-11)14(20)8-9-19-13-3-1-2-12(17)15(13)18/h1-9,19H/b9-8+. The van der Waals surface area contributed by atoms with Crippen molar-refractivity contribution in [3.8, 4) is 0 Å². The maximum atomic E-state index is 13.6. The minimum atomic E-state index is -0.546. The normalized spacial score (nSPS) is 10.8. The van der Waals surface area contributed by atoms with Crippen molar-refractivity contribution in [2.24, 2.45) is 0 Å². The van der Waals surface area contributed by atoms with Crippen molar-refractivity contribution in [3.05, 3.63) is 75.6 Å². The summed E-state index contributed by atoms with van der Waals surface area (Å²) in [7, 11) is 0. The van der Waals surface area contributed by atoms with Crippen LogP contribution in [-0.2, 0) is 0 Å². The highest BCUT2D eigenvalue weighted by molar-refractivity contribution is 9.10. The molecular formula is C15H10BrClFNO. The molecule has 1 N–H and O–H groups in total. The van der Waals surface area contributed by atoms with Gasteiger partial charge in [0.15, 0.2) is 11.6 Å². The van der Waals surface area contributed by atoms with Crippen molar-refractivity contribution in [2.75, 3.05) is 5.32 Å². The van der Waals surface area contributed by atoms with Crippen LogP contribution in [0.25, 0.3) is 0 Å². The van der Waals surface area contributed by atoms with E-state index >= 15 is 0 Å². The highest BCUT2D eigenvalue weighted by Gasteiger charge is 2.04. The lowest BCUT2D eigenvalue weighted by atomic mass is 10.1. The summed E-state index contributed by atoms with van der Waals surface area (Å²) in [4.78, 5) is 11.8. The van der Waals surface area contributed by atoms with E-state index in [1.807, 2.05) is 0 Å². The van der Waals surface area contributed by atoms with Gasteiger partial charge in [0.05, 0.1) is 10.7 Å². The molecule has 2 aromatic carbocycles. The summed E-state index contributed by atoms with van der Waals surface area (Å²) < 4.78 is 14.5. The summed E-state index contributed by atoms with van der Waals surface area (Å²) in [5.41, 5.74) is 0.773. The number of rotatable bonds is 4. The number of ketones is 1. The van der Waals surface area contributed by atoms with E-state index in [4.69, 9.17) is 11.6 Å². The van der Waals surface area contributed by atoms with Gasteiger partial charge in [-0.05, 0) is 36.4 Å². The molecule has 0 heterocycles. The van der Waals surface area contributed by atoms with Gasteiger partial charge in [-0.2, -0.15) is 0 Å². The van der Waals surface area contributed by atoms with E-state index in [9.17, 15) is 9.18 Å². The molecule has 0 aliphatic heterocycles. The van der Waals surface area contributed by atoms with Crippen LogP contribution < -0.4 is 5.32 Å². The first kappa shape index (κ1) is 14.8. The maximum absolute atomic E-state index is 13.6. The second kappa shape index (κ2) is 6.68. The Kier molecular flexibility index (Phi) is 4.93. The van der Waals surface area contributed by atoms with Crippen LogP contribution in [0.15, 0.2) is 59.2 Å². The quantitative estimate of drug-likeness (QED) is 0.615. The van der Waals surface area contributed by atoms with E-state index in [2.05, 4.69) is 21.2 Å². The number of halogens is 3. The molecule has 0 atom stereocenters. The number of hydrogen-bond acceptors (Lipinski definition) is 2. The van der Waals surface area contributed by atoms with Crippen molar-refractivity contribution in [1.82, 2.24) is 0 Å². The Morgan fingerprint density at radius 1 is 1.20 bits per heavy atom. The Hall–Kier alpha value is -1.65. The van der Waals surface area contributed by atoms with Crippen LogP contribution in [0.2, 0.25) is 5.02 Å². The monoisotopic (exact) mass is 353 g/mol. The van der Waals surface area contributed by atoms with E-state index in [1.165, 1.54) is 24.4 Å². The highest BCUT2D eigenvalue weighted by Crippen LogP contribution is 2.21. The van der Waals surface area contributed by atoms with E-state index in [0.717, 1.165) is 4.47 Å². The van der Waals surface area contributed by atoms with Gasteiger partial charge in [0.2, 0.25) is 0 Å². The summed E-state index contributed by atoms with van der Waals surface area (Å²) in [5, 5.41) is 2.73. The van der Waals surface area contributed by atoms with Gasteiger partial charge in [-0.3, -0.25) is 4.79 Å². The predicted octanol–water partition coefficient (Wildman–Crippen LogP) is 5.05. The van der Waals surface area contributed by atoms with E-state index in [-0.39, 0.29) is 16.5 Å². The van der Waals surface area contributed by atoms with Crippen LogP contribution in [-0.4, -0.2) is 5.78 Å². The average molecular weight is 355 g/mol. The average Bonchev–Trinajstić information content (AvgIpc) is 2.44. The van der Waals surface area contributed by atoms with Crippen molar-refractivity contribution < 1.29 is 9.18 Å². The minimum absolute atomic E-state index is 0.0302. The van der Waals surface area contributed by atoms with E-state index in [1.54, 1.807) is 30.3 Å². The van der Waals surface area contributed by atoms with Gasteiger partial charge in [0.1, 0.15) is 0 Å². The molecule has 2 nitrogen and oxygen atoms in total. The van der Waals surface area contributed by atoms with Crippen LogP contribution in [0.3, 0.4) is 0 Å². The second-order valence-corrected chi connectivity index (χ2v) is 5.27. The smallest absolute Gasteiger partial charge is 0.187 e. The molecule has 0 fully saturated rings. The van der Waals surface area contributed by atoms with Crippen LogP contribution in [0.5, 0.6) is 0 Å². The third-order valence-electron chi connectivity index (χ3n) is 2.55. The van der Waals surface area contributed by atoms with Gasteiger partial charge < -0.3 is 5.32 Å². The number of carbonyl (C=O) groups excluding carboxylic acids is 1. The Labute approximate surface area is 129 Å². The predicted molar refractivity (Wildman–Crippen MR) is 82.6 cm³/mol. The highest BCUT2D eigenvalue weighted by atomic mass is 79.9. The fourth-order valence-corrected chi connectivity index (χ4v) is 1.97. The van der Waals surface area contributed by atoms with Crippen LogP contribution >= 0.6 is 27.5 Å². The SMILES string of the molecule is O=C(/C=C/Nc1cccc(Cl)c1F)c1ccc(Br)cc1. The van der Waals surface area contributed by atoms with Crippen molar-refractivity contribution in [3.63, 3.8) is 0 Å². The van der Waals surface area contributed by atoms with E-state index < -0.39 is 5.82 Å². The van der Waals surface area contributed by atoms with Gasteiger partial charge in [-0.25, -0.2) is 4.39 Å². The molecule has 20 heavy (non-hydrogen) atoms. The lowest BCUT2D eigenvalue weighted by Crippen LogP contribution is -1.97. The molecule has 2 aromatic rings. The number of carbonyl (C=O) groups is 1. The number of benzene rings is 2. The third kappa shape index (κ3) is 3.68. The molecule has 0 spiro atoms. The Balaban J connectivity index is 2.05. The summed E-state index contributed by atoms with van der Waals surface area (Å²) in [6.45, 7) is 0. The number of hydrogen-bond donors (Lipinski definition) is 1. The lowest BCUT2D eigenvalue weighted by Gasteiger charge is -2.03. The summed E-state index contributed by atoms with van der Waals surface area (Å²) in [5.74, 6) is -0.720. The molecule has 2 rings (SSSR count). The largest absolute Gasteiger partial charge is 0.359 e. The fourth-order valence-electron chi connectivity index (χ4n) is 1.53. The first-order valence-corrected chi connectivity index (χ1v) is 6.92. The van der Waals surface area contributed by atoms with Gasteiger partial charge in [-0.1, -0.05) is 33.6 Å². The molecule has 0 saturated carbocycles. The fraction of sp³-hybridized carbons (Fsp3) is 0. The zero-order chi connectivity index (χ0) is 14.5. The molecule has 0 bridgehead atoms. The van der Waals surface area contributed by atoms with Crippen LogP contribution in [0.1, 0.15) is 10.4 Å². The Bertz CT molecular complexity index is 655. The molecule has 0 saturated heterocycles. The molecule has 102 valence electrons. The minimum Gasteiger partial charge on any atom is -0.359 e. The molecule has 0 aliphatic rings. The topological polar surface area (TPSA) is 29.1 Å². The van der Waals surface area contributed by atoms with Crippen molar-refractivity contribution in [1.29, 1.82) is 0 Å². The molecular weight excluding hydrogens is 345 g/mol. The van der Waals surface area contributed by atoms with Gasteiger partial charge in [0.25, 0.3) is 0 Å². The number of nitrogens with one attached hydrogen (secondary N) is 1. The molecule has 0 aliphatic carbocycles. The zero-order valence-electron chi connectivity index (χ0n) is 10.2. The molecule has 0 radical (unpaired) electrons. The van der Waals surface area contributed by atoms with Gasteiger partial charge in [-0.15, -0.1) is 0 Å². The Morgan fingerprint density at radius 2 is 1.90 bits per heavy atom. The number of anilines is 1. The van der Waals surface area contributed by atoms with Crippen LogP contribution in [0, 0.1) is 5.82 Å². The van der Waals surface area contributed by atoms with Crippen molar-refractivity contribution in [2.45, 2.75) is 0 Å². The molecule has 5 heteroatoms. The summed E-state index contributed by atoms with van der Waals surface area (Å²) in [6.07, 6.45) is 2.72. The van der Waals surface area contributed by atoms with Crippen molar-refractivity contribution >= 4 is 39.0 Å². The summed E-state index contributed by atoms with van der Waals surface area (Å²) >= 11 is 8.95. The second-order valence-electron chi connectivity index (χ2n) is 3.95. The van der Waals surface area contributed by atoms with Gasteiger partial charge in [0, 0.05) is 22.3 Å². The first-order chi connectivity index (χ1) is 9.58. The lowest BCUT2D eigenvalue weighted by molar-refractivity contribution is 0.104. The maximum Gasteiger partial charge on any atom is 0.187 e. The molecule has 0 amide bonds. The van der Waals surface area contributed by atoms with E-state index in [0.29, 0.717) is 5.56 Å². The molecule has 0 aromatic heterocycles. The summed E-state index contributed by atoms with van der Waals surface area (Å²) in [6, 6.07) is 11.6. The Morgan fingerprint density at radius 3 is 2.60 bits per heavy atom. The zero-order valence-corrected chi connectivity index (χ0v) is 12.6. The molecule has 0 unspecified atom stereocenters.